The van der Waals surface area contributed by atoms with Crippen LogP contribution in [0.25, 0.3) is 0 Å². The maximum absolute atomic E-state index is 13.2. The summed E-state index contributed by atoms with van der Waals surface area (Å²) in [6.07, 6.45) is 0.589. The van der Waals surface area contributed by atoms with Gasteiger partial charge in [0.1, 0.15) is 17.6 Å². The predicted octanol–water partition coefficient (Wildman–Crippen LogP) is 3.71. The lowest BCUT2D eigenvalue weighted by Gasteiger charge is -2.31. The molecule has 0 aliphatic carbocycles. The maximum Gasteiger partial charge on any atom is 0.243 e. The molecule has 1 N–H and O–H groups in total. The number of nitrogens with zero attached hydrogens (tertiary/aromatic N) is 1. The quantitative estimate of drug-likeness (QED) is 0.698. The second-order valence-corrected chi connectivity index (χ2v) is 7.26. The van der Waals surface area contributed by atoms with Crippen molar-refractivity contribution in [1.29, 1.82) is 0 Å². The molecule has 1 atom stereocenters. The Bertz CT molecular complexity index is 804. The van der Waals surface area contributed by atoms with E-state index in [1.165, 1.54) is 12.1 Å². The third-order valence-corrected chi connectivity index (χ3v) is 4.60. The molecule has 0 fully saturated rings. The van der Waals surface area contributed by atoms with Gasteiger partial charge in [-0.05, 0) is 55.7 Å². The van der Waals surface area contributed by atoms with Gasteiger partial charge in [-0.3, -0.25) is 9.59 Å². The van der Waals surface area contributed by atoms with Crippen LogP contribution in [0.2, 0.25) is 0 Å². The first-order valence-electron chi connectivity index (χ1n) is 9.81. The van der Waals surface area contributed by atoms with Gasteiger partial charge < -0.3 is 15.0 Å². The number of benzene rings is 2. The molecule has 0 saturated carbocycles. The van der Waals surface area contributed by atoms with Crippen molar-refractivity contribution >= 4 is 11.8 Å². The summed E-state index contributed by atoms with van der Waals surface area (Å²) in [5.41, 5.74) is 1.60. The van der Waals surface area contributed by atoms with Crippen molar-refractivity contribution in [3.63, 3.8) is 0 Å². The smallest absolute Gasteiger partial charge is 0.243 e. The second-order valence-electron chi connectivity index (χ2n) is 7.26. The number of rotatable bonds is 9. The normalized spacial score (nSPS) is 11.8. The fraction of sp³-hybridized carbons (Fsp3) is 0.391. The molecular formula is C23H29FN2O3. The highest BCUT2D eigenvalue weighted by molar-refractivity contribution is 5.88. The number of ether oxygens (including phenoxy) is 1. The van der Waals surface area contributed by atoms with Crippen LogP contribution in [-0.2, 0) is 22.6 Å². The topological polar surface area (TPSA) is 58.6 Å². The molecule has 0 spiro atoms. The van der Waals surface area contributed by atoms with Crippen LogP contribution in [0.15, 0.2) is 48.5 Å². The first kappa shape index (κ1) is 22.4. The lowest BCUT2D eigenvalue weighted by atomic mass is 10.1. The molecule has 0 aliphatic rings. The number of methoxy groups -OCH3 is 1. The largest absolute Gasteiger partial charge is 0.497 e. The van der Waals surface area contributed by atoms with Crippen molar-refractivity contribution in [2.45, 2.75) is 52.2 Å². The number of carbonyl (C=O) groups is 2. The third-order valence-electron chi connectivity index (χ3n) is 4.60. The van der Waals surface area contributed by atoms with Crippen molar-refractivity contribution in [2.24, 2.45) is 0 Å². The first-order valence-corrected chi connectivity index (χ1v) is 9.81. The van der Waals surface area contributed by atoms with Gasteiger partial charge in [-0.15, -0.1) is 0 Å². The molecule has 2 aromatic rings. The minimum atomic E-state index is -0.590. The fourth-order valence-corrected chi connectivity index (χ4v) is 3.11. The molecule has 0 unspecified atom stereocenters. The summed E-state index contributed by atoms with van der Waals surface area (Å²) in [5.74, 6) is 0.0169. The SMILES string of the molecule is CC[C@@H](C(=O)NC(C)C)N(Cc1ccc(OC)cc1)C(=O)Cc1ccc(F)cc1. The van der Waals surface area contributed by atoms with E-state index in [-0.39, 0.29) is 30.1 Å². The molecule has 29 heavy (non-hydrogen) atoms. The van der Waals surface area contributed by atoms with E-state index in [4.69, 9.17) is 4.74 Å². The first-order chi connectivity index (χ1) is 13.8. The molecule has 0 radical (unpaired) electrons. The summed E-state index contributed by atoms with van der Waals surface area (Å²) in [6.45, 7) is 5.96. The Hall–Kier alpha value is -2.89. The summed E-state index contributed by atoms with van der Waals surface area (Å²) in [4.78, 5) is 27.5. The van der Waals surface area contributed by atoms with Gasteiger partial charge in [0.25, 0.3) is 0 Å². The zero-order valence-electron chi connectivity index (χ0n) is 17.4. The molecule has 5 nitrogen and oxygen atoms in total. The van der Waals surface area contributed by atoms with E-state index < -0.39 is 6.04 Å². The van der Waals surface area contributed by atoms with E-state index in [1.807, 2.05) is 45.0 Å². The molecule has 0 bridgehead atoms. The summed E-state index contributed by atoms with van der Waals surface area (Å²) >= 11 is 0. The number of nitrogens with one attached hydrogen (secondary N) is 1. The van der Waals surface area contributed by atoms with Crippen molar-refractivity contribution in [2.75, 3.05) is 7.11 Å². The number of halogens is 1. The van der Waals surface area contributed by atoms with Crippen LogP contribution in [0.1, 0.15) is 38.3 Å². The molecule has 156 valence electrons. The minimum Gasteiger partial charge on any atom is -0.497 e. The van der Waals surface area contributed by atoms with Gasteiger partial charge in [-0.2, -0.15) is 0 Å². The van der Waals surface area contributed by atoms with E-state index in [1.54, 1.807) is 24.1 Å². The summed E-state index contributed by atoms with van der Waals surface area (Å²) < 4.78 is 18.4. The molecule has 0 heterocycles. The van der Waals surface area contributed by atoms with Gasteiger partial charge in [0.2, 0.25) is 11.8 Å². The van der Waals surface area contributed by atoms with Gasteiger partial charge in [0.15, 0.2) is 0 Å². The Morgan fingerprint density at radius 2 is 1.62 bits per heavy atom. The van der Waals surface area contributed by atoms with Crippen LogP contribution in [0.4, 0.5) is 4.39 Å². The van der Waals surface area contributed by atoms with Crippen LogP contribution in [0.5, 0.6) is 5.75 Å². The molecule has 2 amide bonds. The Morgan fingerprint density at radius 3 is 2.14 bits per heavy atom. The summed E-state index contributed by atoms with van der Waals surface area (Å²) in [5, 5.41) is 2.90. The average Bonchev–Trinajstić information content (AvgIpc) is 2.69. The zero-order chi connectivity index (χ0) is 21.4. The Labute approximate surface area is 171 Å². The molecule has 2 rings (SSSR count). The highest BCUT2D eigenvalue weighted by atomic mass is 19.1. The molecule has 0 saturated heterocycles. The van der Waals surface area contributed by atoms with Gasteiger partial charge in [-0.1, -0.05) is 31.2 Å². The van der Waals surface area contributed by atoms with E-state index in [9.17, 15) is 14.0 Å². The van der Waals surface area contributed by atoms with Crippen LogP contribution >= 0.6 is 0 Å². The zero-order valence-corrected chi connectivity index (χ0v) is 17.4. The predicted molar refractivity (Wildman–Crippen MR) is 111 cm³/mol. The Kier molecular flexibility index (Phi) is 8.19. The molecule has 6 heteroatoms. The highest BCUT2D eigenvalue weighted by Crippen LogP contribution is 2.17. The van der Waals surface area contributed by atoms with Crippen molar-refractivity contribution in [3.05, 3.63) is 65.5 Å². The summed E-state index contributed by atoms with van der Waals surface area (Å²) in [6, 6.07) is 12.6. The molecule has 0 aliphatic heterocycles. The van der Waals surface area contributed by atoms with Gasteiger partial charge in [0, 0.05) is 12.6 Å². The Morgan fingerprint density at radius 1 is 1.03 bits per heavy atom. The lowest BCUT2D eigenvalue weighted by Crippen LogP contribution is -2.50. The van der Waals surface area contributed by atoms with Crippen molar-refractivity contribution in [3.8, 4) is 5.75 Å². The lowest BCUT2D eigenvalue weighted by molar-refractivity contribution is -0.141. The number of hydrogen-bond acceptors (Lipinski definition) is 3. The van der Waals surface area contributed by atoms with E-state index >= 15 is 0 Å². The van der Waals surface area contributed by atoms with Crippen LogP contribution in [-0.4, -0.2) is 35.9 Å². The van der Waals surface area contributed by atoms with E-state index in [0.717, 1.165) is 11.3 Å². The van der Waals surface area contributed by atoms with Gasteiger partial charge >= 0.3 is 0 Å². The highest BCUT2D eigenvalue weighted by Gasteiger charge is 2.29. The van der Waals surface area contributed by atoms with E-state index in [0.29, 0.717) is 18.5 Å². The molecule has 2 aromatic carbocycles. The van der Waals surface area contributed by atoms with Crippen LogP contribution in [0, 0.1) is 5.82 Å². The number of carbonyl (C=O) groups excluding carboxylic acids is 2. The maximum atomic E-state index is 13.2. The standard InChI is InChI=1S/C23H29FN2O3/c1-5-21(23(28)25-16(2)3)26(15-18-8-12-20(29-4)13-9-18)22(27)14-17-6-10-19(24)11-7-17/h6-13,16,21H,5,14-15H2,1-4H3,(H,25,28)/t21-/m0/s1. The van der Waals surface area contributed by atoms with Crippen LogP contribution in [0.3, 0.4) is 0 Å². The van der Waals surface area contributed by atoms with Crippen molar-refractivity contribution in [1.82, 2.24) is 10.2 Å². The fourth-order valence-electron chi connectivity index (χ4n) is 3.11. The van der Waals surface area contributed by atoms with Crippen LogP contribution < -0.4 is 10.1 Å². The molecule has 0 aromatic heterocycles. The number of amides is 2. The second kappa shape index (κ2) is 10.6. The van der Waals surface area contributed by atoms with Gasteiger partial charge in [-0.25, -0.2) is 4.39 Å². The third kappa shape index (κ3) is 6.59. The average molecular weight is 400 g/mol. The van der Waals surface area contributed by atoms with E-state index in [2.05, 4.69) is 5.32 Å². The number of hydrogen-bond donors (Lipinski definition) is 1. The Balaban J connectivity index is 2.27. The minimum absolute atomic E-state index is 0.0217. The molecular weight excluding hydrogens is 371 g/mol. The van der Waals surface area contributed by atoms with Crippen molar-refractivity contribution < 1.29 is 18.7 Å². The van der Waals surface area contributed by atoms with Gasteiger partial charge in [0.05, 0.1) is 13.5 Å². The summed E-state index contributed by atoms with van der Waals surface area (Å²) in [7, 11) is 1.59. The monoisotopic (exact) mass is 400 g/mol.